The summed E-state index contributed by atoms with van der Waals surface area (Å²) in [6.45, 7) is 3.98. The van der Waals surface area contributed by atoms with E-state index in [0.29, 0.717) is 11.0 Å². The highest BCUT2D eigenvalue weighted by Crippen LogP contribution is 2.24. The molecule has 116 valence electrons. The number of nitrogens with two attached hydrogens (primary N) is 1. The number of hydrogen-bond donors (Lipinski definition) is 2. The second kappa shape index (κ2) is 7.87. The molecule has 0 radical (unpaired) electrons. The Bertz CT molecular complexity index is 484. The average molecular weight is 306 g/mol. The van der Waals surface area contributed by atoms with Gasteiger partial charge in [0.2, 0.25) is 0 Å². The van der Waals surface area contributed by atoms with Gasteiger partial charge in [0.1, 0.15) is 4.99 Å². The van der Waals surface area contributed by atoms with Gasteiger partial charge in [-0.05, 0) is 37.0 Å². The van der Waals surface area contributed by atoms with Gasteiger partial charge in [-0.3, -0.25) is 4.90 Å². The Morgan fingerprint density at radius 2 is 2.05 bits per heavy atom. The number of aryl methyl sites for hydroxylation is 1. The third-order valence-corrected chi connectivity index (χ3v) is 4.71. The second-order valence-corrected chi connectivity index (χ2v) is 6.43. The lowest BCUT2D eigenvalue weighted by Crippen LogP contribution is -2.38. The zero-order valence-corrected chi connectivity index (χ0v) is 13.7. The van der Waals surface area contributed by atoms with Crippen molar-refractivity contribution in [3.8, 4) is 0 Å². The summed E-state index contributed by atoms with van der Waals surface area (Å²) in [7, 11) is 0. The van der Waals surface area contributed by atoms with Crippen LogP contribution in [-0.2, 0) is 6.54 Å². The Balaban J connectivity index is 2.10. The van der Waals surface area contributed by atoms with Crippen LogP contribution in [0.5, 0.6) is 0 Å². The van der Waals surface area contributed by atoms with Crippen molar-refractivity contribution >= 4 is 17.2 Å². The predicted molar refractivity (Wildman–Crippen MR) is 91.4 cm³/mol. The number of nitrogens with zero attached hydrogens (tertiary/aromatic N) is 1. The van der Waals surface area contributed by atoms with E-state index in [1.807, 2.05) is 6.07 Å². The summed E-state index contributed by atoms with van der Waals surface area (Å²) in [4.78, 5) is 2.88. The number of rotatable bonds is 6. The third-order valence-electron chi connectivity index (χ3n) is 4.48. The molecule has 0 spiro atoms. The van der Waals surface area contributed by atoms with E-state index in [-0.39, 0.29) is 6.61 Å². The minimum atomic E-state index is 0.223. The highest BCUT2D eigenvalue weighted by molar-refractivity contribution is 7.80. The van der Waals surface area contributed by atoms with Crippen molar-refractivity contribution in [1.82, 2.24) is 4.90 Å². The summed E-state index contributed by atoms with van der Waals surface area (Å²) in [5, 5.41) is 9.36. The van der Waals surface area contributed by atoms with E-state index in [4.69, 9.17) is 18.0 Å². The van der Waals surface area contributed by atoms with Crippen molar-refractivity contribution in [2.24, 2.45) is 5.73 Å². The van der Waals surface area contributed by atoms with Crippen LogP contribution in [0.25, 0.3) is 0 Å². The third kappa shape index (κ3) is 4.50. The van der Waals surface area contributed by atoms with E-state index in [2.05, 4.69) is 24.0 Å². The molecule has 2 rings (SSSR count). The van der Waals surface area contributed by atoms with Gasteiger partial charge >= 0.3 is 0 Å². The van der Waals surface area contributed by atoms with E-state index in [1.165, 1.54) is 43.2 Å². The number of aliphatic hydroxyl groups is 1. The van der Waals surface area contributed by atoms with Crippen molar-refractivity contribution in [2.75, 3.05) is 13.2 Å². The van der Waals surface area contributed by atoms with E-state index >= 15 is 0 Å². The monoisotopic (exact) mass is 306 g/mol. The highest BCUT2D eigenvalue weighted by atomic mass is 32.1. The van der Waals surface area contributed by atoms with Crippen LogP contribution in [0, 0.1) is 6.92 Å². The van der Waals surface area contributed by atoms with Gasteiger partial charge in [0, 0.05) is 24.7 Å². The maximum absolute atomic E-state index is 9.36. The lowest BCUT2D eigenvalue weighted by molar-refractivity contribution is 0.117. The lowest BCUT2D eigenvalue weighted by Gasteiger charge is -2.34. The summed E-state index contributed by atoms with van der Waals surface area (Å²) in [6, 6.07) is 6.80. The zero-order valence-electron chi connectivity index (χ0n) is 12.8. The molecule has 0 aromatic heterocycles. The summed E-state index contributed by atoms with van der Waals surface area (Å²) < 4.78 is 0. The zero-order chi connectivity index (χ0) is 15.2. The quantitative estimate of drug-likeness (QED) is 0.794. The molecule has 0 amide bonds. The first-order valence-corrected chi connectivity index (χ1v) is 8.27. The molecule has 1 aliphatic rings. The van der Waals surface area contributed by atoms with Crippen LogP contribution in [0.15, 0.2) is 18.2 Å². The van der Waals surface area contributed by atoms with Crippen LogP contribution in [0.2, 0.25) is 0 Å². The molecule has 0 heterocycles. The van der Waals surface area contributed by atoms with E-state index < -0.39 is 0 Å². The minimum Gasteiger partial charge on any atom is -0.395 e. The molecule has 0 unspecified atom stereocenters. The molecular weight excluding hydrogens is 280 g/mol. The summed E-state index contributed by atoms with van der Waals surface area (Å²) in [5.74, 6) is 0. The summed E-state index contributed by atoms with van der Waals surface area (Å²) in [5.41, 5.74) is 9.14. The average Bonchev–Trinajstić information content (AvgIpc) is 2.49. The summed E-state index contributed by atoms with van der Waals surface area (Å²) >= 11 is 5.03. The van der Waals surface area contributed by atoms with Crippen LogP contribution in [0.4, 0.5) is 0 Å². The molecule has 3 N–H and O–H groups in total. The maximum atomic E-state index is 9.36. The number of aliphatic hydroxyl groups excluding tert-OH is 1. The molecule has 0 aliphatic heterocycles. The maximum Gasteiger partial charge on any atom is 0.103 e. The largest absolute Gasteiger partial charge is 0.395 e. The normalized spacial score (nSPS) is 16.3. The van der Waals surface area contributed by atoms with Crippen molar-refractivity contribution in [1.29, 1.82) is 0 Å². The highest BCUT2D eigenvalue weighted by Gasteiger charge is 2.21. The Morgan fingerprint density at radius 1 is 1.33 bits per heavy atom. The first-order chi connectivity index (χ1) is 10.1. The van der Waals surface area contributed by atoms with Gasteiger partial charge in [-0.1, -0.05) is 43.6 Å². The summed E-state index contributed by atoms with van der Waals surface area (Å²) in [6.07, 6.45) is 6.48. The van der Waals surface area contributed by atoms with E-state index in [9.17, 15) is 5.11 Å². The van der Waals surface area contributed by atoms with Crippen LogP contribution in [-0.4, -0.2) is 34.2 Å². The molecule has 1 fully saturated rings. The van der Waals surface area contributed by atoms with Crippen LogP contribution in [0.1, 0.15) is 48.8 Å². The van der Waals surface area contributed by atoms with Crippen molar-refractivity contribution in [2.45, 2.75) is 51.6 Å². The van der Waals surface area contributed by atoms with E-state index in [1.54, 1.807) is 0 Å². The Labute approximate surface area is 133 Å². The van der Waals surface area contributed by atoms with Crippen LogP contribution < -0.4 is 5.73 Å². The Kier molecular flexibility index (Phi) is 6.15. The van der Waals surface area contributed by atoms with Crippen LogP contribution >= 0.6 is 12.2 Å². The standard InChI is InChI=1S/C17H26N2OS/c1-13-11-14(17(18)21)7-8-15(13)12-19(9-10-20)16-5-3-2-4-6-16/h7-8,11,16,20H,2-6,9-10,12H2,1H3,(H2,18,21). The first kappa shape index (κ1) is 16.4. The molecular formula is C17H26N2OS. The van der Waals surface area contributed by atoms with Gasteiger partial charge in [-0.15, -0.1) is 0 Å². The Hall–Kier alpha value is -0.970. The van der Waals surface area contributed by atoms with Gasteiger partial charge < -0.3 is 10.8 Å². The molecule has 4 heteroatoms. The fraction of sp³-hybridized carbons (Fsp3) is 0.588. The van der Waals surface area contributed by atoms with Crippen LogP contribution in [0.3, 0.4) is 0 Å². The smallest absolute Gasteiger partial charge is 0.103 e. The van der Waals surface area contributed by atoms with Crippen molar-refractivity contribution in [3.63, 3.8) is 0 Å². The number of hydrogen-bond acceptors (Lipinski definition) is 3. The molecule has 21 heavy (non-hydrogen) atoms. The lowest BCUT2D eigenvalue weighted by atomic mass is 9.93. The van der Waals surface area contributed by atoms with Gasteiger partial charge in [0.05, 0.1) is 6.61 Å². The molecule has 3 nitrogen and oxygen atoms in total. The molecule has 1 aliphatic carbocycles. The minimum absolute atomic E-state index is 0.223. The van der Waals surface area contributed by atoms with Gasteiger partial charge in [0.15, 0.2) is 0 Å². The van der Waals surface area contributed by atoms with E-state index in [0.717, 1.165) is 18.7 Å². The van der Waals surface area contributed by atoms with Crippen molar-refractivity contribution < 1.29 is 5.11 Å². The number of benzene rings is 1. The fourth-order valence-electron chi connectivity index (χ4n) is 3.21. The first-order valence-electron chi connectivity index (χ1n) is 7.86. The molecule has 0 bridgehead atoms. The van der Waals surface area contributed by atoms with Crippen molar-refractivity contribution in [3.05, 3.63) is 34.9 Å². The second-order valence-electron chi connectivity index (χ2n) is 5.99. The molecule has 0 saturated heterocycles. The SMILES string of the molecule is Cc1cc(C(N)=S)ccc1CN(CCO)C1CCCCC1. The van der Waals surface area contributed by atoms with Gasteiger partial charge in [-0.2, -0.15) is 0 Å². The molecule has 1 aromatic rings. The van der Waals surface area contributed by atoms with Gasteiger partial charge in [-0.25, -0.2) is 0 Å². The topological polar surface area (TPSA) is 49.5 Å². The predicted octanol–water partition coefficient (Wildman–Crippen LogP) is 2.76. The number of thiocarbonyl (C=S) groups is 1. The Morgan fingerprint density at radius 3 is 2.62 bits per heavy atom. The fourth-order valence-corrected chi connectivity index (χ4v) is 3.34. The molecule has 1 saturated carbocycles. The molecule has 1 aromatic carbocycles. The van der Waals surface area contributed by atoms with Gasteiger partial charge in [0.25, 0.3) is 0 Å². The molecule has 0 atom stereocenters.